The lowest BCUT2D eigenvalue weighted by Gasteiger charge is -2.25. The van der Waals surface area contributed by atoms with E-state index in [4.69, 9.17) is 9.47 Å². The predicted octanol–water partition coefficient (Wildman–Crippen LogP) is 2.68. The molecule has 3 rings (SSSR count). The van der Waals surface area contributed by atoms with Crippen molar-refractivity contribution in [3.63, 3.8) is 0 Å². The van der Waals surface area contributed by atoms with Crippen molar-refractivity contribution >= 4 is 17.3 Å². The summed E-state index contributed by atoms with van der Waals surface area (Å²) in [5.74, 6) is 0.749. The highest BCUT2D eigenvalue weighted by molar-refractivity contribution is 5.95. The van der Waals surface area contributed by atoms with Crippen molar-refractivity contribution in [3.8, 4) is 11.5 Å². The molecule has 0 aromatic heterocycles. The first-order chi connectivity index (χ1) is 11.0. The smallest absolute Gasteiger partial charge is 0.269 e. The number of carbonyl (C=O) groups excluding carboxylic acids is 1. The number of anilines is 1. The fourth-order valence-corrected chi connectivity index (χ4v) is 2.26. The summed E-state index contributed by atoms with van der Waals surface area (Å²) in [7, 11) is 0. The van der Waals surface area contributed by atoms with Crippen molar-refractivity contribution in [2.45, 2.75) is 13.0 Å². The summed E-state index contributed by atoms with van der Waals surface area (Å²) < 4.78 is 11.1. The van der Waals surface area contributed by atoms with Crippen molar-refractivity contribution < 1.29 is 19.2 Å². The summed E-state index contributed by atoms with van der Waals surface area (Å²) in [6, 6.07) is 11.4. The first-order valence-corrected chi connectivity index (χ1v) is 6.99. The molecular formula is C16H14N2O5. The monoisotopic (exact) mass is 314 g/mol. The molecule has 1 aliphatic heterocycles. The number of rotatable bonds is 3. The van der Waals surface area contributed by atoms with E-state index in [0.717, 1.165) is 0 Å². The number of carbonyl (C=O) groups is 1. The molecule has 0 bridgehead atoms. The normalized spacial score (nSPS) is 15.8. The Bertz CT molecular complexity index is 775. The van der Waals surface area contributed by atoms with Crippen LogP contribution >= 0.6 is 0 Å². The SMILES string of the molecule is Cc1cc([N+](=O)[O-])ccc1NC(=O)C1COc2ccccc2O1. The van der Waals surface area contributed by atoms with Gasteiger partial charge in [-0.2, -0.15) is 0 Å². The number of hydrogen-bond donors (Lipinski definition) is 1. The van der Waals surface area contributed by atoms with E-state index in [9.17, 15) is 14.9 Å². The van der Waals surface area contributed by atoms with E-state index in [0.29, 0.717) is 22.7 Å². The van der Waals surface area contributed by atoms with Crippen LogP contribution in [0.25, 0.3) is 0 Å². The number of non-ortho nitro benzene ring substituents is 1. The zero-order valence-corrected chi connectivity index (χ0v) is 12.3. The molecule has 1 amide bonds. The molecule has 0 aliphatic carbocycles. The average Bonchev–Trinajstić information content (AvgIpc) is 2.56. The summed E-state index contributed by atoms with van der Waals surface area (Å²) in [5.41, 5.74) is 1.08. The number of fused-ring (bicyclic) bond motifs is 1. The van der Waals surface area contributed by atoms with Crippen LogP contribution in [-0.2, 0) is 4.79 Å². The highest BCUT2D eigenvalue weighted by Gasteiger charge is 2.27. The van der Waals surface area contributed by atoms with E-state index in [1.807, 2.05) is 6.07 Å². The van der Waals surface area contributed by atoms with E-state index in [2.05, 4.69) is 5.32 Å². The molecule has 23 heavy (non-hydrogen) atoms. The minimum atomic E-state index is -0.778. The Balaban J connectivity index is 1.72. The summed E-state index contributed by atoms with van der Waals surface area (Å²) in [6.45, 7) is 1.80. The Hall–Kier alpha value is -3.09. The Kier molecular flexibility index (Phi) is 3.84. The standard InChI is InChI=1S/C16H14N2O5/c1-10-8-11(18(20)21)6-7-12(10)17-16(19)15-9-22-13-4-2-3-5-14(13)23-15/h2-8,15H,9H2,1H3,(H,17,19). The summed E-state index contributed by atoms with van der Waals surface area (Å²) in [4.78, 5) is 22.6. The Morgan fingerprint density at radius 2 is 2.00 bits per heavy atom. The van der Waals surface area contributed by atoms with Crippen LogP contribution in [0.2, 0.25) is 0 Å². The number of nitrogens with zero attached hydrogens (tertiary/aromatic N) is 1. The maximum absolute atomic E-state index is 12.3. The molecule has 2 aromatic rings. The van der Waals surface area contributed by atoms with Crippen molar-refractivity contribution in [2.75, 3.05) is 11.9 Å². The number of nitro benzene ring substituents is 1. The number of ether oxygens (including phenoxy) is 2. The van der Waals surface area contributed by atoms with Gasteiger partial charge in [-0.3, -0.25) is 14.9 Å². The molecule has 1 aliphatic rings. The Labute approximate surface area is 132 Å². The van der Waals surface area contributed by atoms with Crippen molar-refractivity contribution in [1.29, 1.82) is 0 Å². The maximum Gasteiger partial charge on any atom is 0.269 e. The van der Waals surface area contributed by atoms with Crippen molar-refractivity contribution in [2.24, 2.45) is 0 Å². The van der Waals surface area contributed by atoms with Gasteiger partial charge in [-0.15, -0.1) is 0 Å². The van der Waals surface area contributed by atoms with Gasteiger partial charge in [0.2, 0.25) is 6.10 Å². The third-order valence-corrected chi connectivity index (χ3v) is 3.48. The van der Waals surface area contributed by atoms with E-state index in [-0.39, 0.29) is 18.2 Å². The number of amides is 1. The van der Waals surface area contributed by atoms with Crippen LogP contribution in [0.15, 0.2) is 42.5 Å². The average molecular weight is 314 g/mol. The molecule has 0 saturated carbocycles. The number of benzene rings is 2. The maximum atomic E-state index is 12.3. The number of nitrogens with one attached hydrogen (secondary N) is 1. The van der Waals surface area contributed by atoms with Gasteiger partial charge in [0.1, 0.15) is 6.61 Å². The first-order valence-electron chi connectivity index (χ1n) is 6.99. The number of hydrogen-bond acceptors (Lipinski definition) is 5. The molecule has 1 N–H and O–H groups in total. The zero-order chi connectivity index (χ0) is 16.4. The van der Waals surface area contributed by atoms with Crippen molar-refractivity contribution in [3.05, 3.63) is 58.1 Å². The van der Waals surface area contributed by atoms with E-state index >= 15 is 0 Å². The van der Waals surface area contributed by atoms with E-state index in [1.165, 1.54) is 18.2 Å². The fourth-order valence-electron chi connectivity index (χ4n) is 2.26. The molecule has 0 radical (unpaired) electrons. The predicted molar refractivity (Wildman–Crippen MR) is 82.8 cm³/mol. The van der Waals surface area contributed by atoms with Gasteiger partial charge in [-0.25, -0.2) is 0 Å². The first kappa shape index (κ1) is 14.8. The van der Waals surface area contributed by atoms with Gasteiger partial charge in [-0.1, -0.05) is 12.1 Å². The van der Waals surface area contributed by atoms with E-state index in [1.54, 1.807) is 25.1 Å². The lowest BCUT2D eigenvalue weighted by molar-refractivity contribution is -0.384. The highest BCUT2D eigenvalue weighted by atomic mass is 16.6. The van der Waals surface area contributed by atoms with Crippen molar-refractivity contribution in [1.82, 2.24) is 0 Å². The highest BCUT2D eigenvalue weighted by Crippen LogP contribution is 2.31. The zero-order valence-electron chi connectivity index (χ0n) is 12.3. The molecule has 1 unspecified atom stereocenters. The van der Waals surface area contributed by atoms with Gasteiger partial charge in [0.25, 0.3) is 11.6 Å². The van der Waals surface area contributed by atoms with Gasteiger partial charge in [-0.05, 0) is 30.7 Å². The number of aryl methyl sites for hydroxylation is 1. The Morgan fingerprint density at radius 1 is 1.26 bits per heavy atom. The molecule has 1 atom stereocenters. The molecule has 7 nitrogen and oxygen atoms in total. The lowest BCUT2D eigenvalue weighted by Crippen LogP contribution is -2.40. The third-order valence-electron chi connectivity index (χ3n) is 3.48. The molecule has 1 heterocycles. The second-order valence-electron chi connectivity index (χ2n) is 5.11. The number of para-hydroxylation sites is 2. The summed E-state index contributed by atoms with van der Waals surface area (Å²) in [5, 5.41) is 13.4. The van der Waals surface area contributed by atoms with Crippen LogP contribution in [0.5, 0.6) is 11.5 Å². The third kappa shape index (κ3) is 3.08. The van der Waals surface area contributed by atoms with Gasteiger partial charge in [0.05, 0.1) is 4.92 Å². The lowest BCUT2D eigenvalue weighted by atomic mass is 10.1. The largest absolute Gasteiger partial charge is 0.485 e. The molecule has 118 valence electrons. The van der Waals surface area contributed by atoms with Gasteiger partial charge in [0.15, 0.2) is 11.5 Å². The van der Waals surface area contributed by atoms with Crippen LogP contribution in [-0.4, -0.2) is 23.5 Å². The number of nitro groups is 1. The van der Waals surface area contributed by atoms with Gasteiger partial charge >= 0.3 is 0 Å². The summed E-state index contributed by atoms with van der Waals surface area (Å²) >= 11 is 0. The van der Waals surface area contributed by atoms with Crippen LogP contribution in [0.4, 0.5) is 11.4 Å². The minimum Gasteiger partial charge on any atom is -0.485 e. The molecule has 0 fully saturated rings. The molecule has 7 heteroatoms. The molecule has 0 spiro atoms. The van der Waals surface area contributed by atoms with Crippen LogP contribution < -0.4 is 14.8 Å². The van der Waals surface area contributed by atoms with Crippen LogP contribution in [0.3, 0.4) is 0 Å². The van der Waals surface area contributed by atoms with Gasteiger partial charge in [0, 0.05) is 17.8 Å². The van der Waals surface area contributed by atoms with Crippen LogP contribution in [0, 0.1) is 17.0 Å². The second kappa shape index (κ2) is 5.96. The minimum absolute atomic E-state index is 0.0216. The molecule has 2 aromatic carbocycles. The second-order valence-corrected chi connectivity index (χ2v) is 5.11. The fraction of sp³-hybridized carbons (Fsp3) is 0.188. The van der Waals surface area contributed by atoms with Gasteiger partial charge < -0.3 is 14.8 Å². The summed E-state index contributed by atoms with van der Waals surface area (Å²) in [6.07, 6.45) is -0.778. The molecular weight excluding hydrogens is 300 g/mol. The van der Waals surface area contributed by atoms with E-state index < -0.39 is 11.0 Å². The quantitative estimate of drug-likeness (QED) is 0.695. The van der Waals surface area contributed by atoms with Crippen LogP contribution in [0.1, 0.15) is 5.56 Å². The topological polar surface area (TPSA) is 90.7 Å². The Morgan fingerprint density at radius 3 is 2.70 bits per heavy atom. The molecule has 0 saturated heterocycles.